The molecule has 1 unspecified atom stereocenters. The molecule has 1 amide bonds. The van der Waals surface area contributed by atoms with Gasteiger partial charge < -0.3 is 14.8 Å². The van der Waals surface area contributed by atoms with E-state index in [-0.39, 0.29) is 12.7 Å². The van der Waals surface area contributed by atoms with E-state index in [1.165, 1.54) is 6.42 Å². The Morgan fingerprint density at radius 2 is 2.26 bits per heavy atom. The SMILES string of the molecule is C#C[C@@H]1CN2CC[C@H]1C[C@@H]2CNC(=O)c1ccc2c(c1)OCO2. The predicted molar refractivity (Wildman–Crippen MR) is 85.3 cm³/mol. The van der Waals surface area contributed by atoms with Crippen LogP contribution in [0.25, 0.3) is 0 Å². The van der Waals surface area contributed by atoms with E-state index in [1.807, 2.05) is 0 Å². The molecule has 0 spiro atoms. The summed E-state index contributed by atoms with van der Waals surface area (Å²) in [6, 6.07) is 5.68. The van der Waals surface area contributed by atoms with E-state index in [0.29, 0.717) is 41.5 Å². The van der Waals surface area contributed by atoms with Crippen molar-refractivity contribution in [3.8, 4) is 23.8 Å². The quantitative estimate of drug-likeness (QED) is 0.859. The molecule has 120 valence electrons. The van der Waals surface area contributed by atoms with Gasteiger partial charge in [-0.2, -0.15) is 0 Å². The van der Waals surface area contributed by atoms with Crippen LogP contribution in [-0.4, -0.2) is 43.3 Å². The molecule has 3 saturated heterocycles. The average molecular weight is 312 g/mol. The van der Waals surface area contributed by atoms with E-state index >= 15 is 0 Å². The molecular weight excluding hydrogens is 292 g/mol. The number of rotatable bonds is 3. The number of terminal acetylenes is 1. The molecule has 1 N–H and O–H groups in total. The van der Waals surface area contributed by atoms with Crippen molar-refractivity contribution in [3.63, 3.8) is 0 Å². The van der Waals surface area contributed by atoms with Gasteiger partial charge in [0, 0.05) is 30.6 Å². The van der Waals surface area contributed by atoms with Gasteiger partial charge in [-0.25, -0.2) is 0 Å². The Labute approximate surface area is 135 Å². The van der Waals surface area contributed by atoms with Crippen molar-refractivity contribution in [2.45, 2.75) is 18.9 Å². The van der Waals surface area contributed by atoms with Gasteiger partial charge in [0.25, 0.3) is 5.91 Å². The fourth-order valence-electron chi connectivity index (χ4n) is 3.89. The summed E-state index contributed by atoms with van der Waals surface area (Å²) in [5.74, 6) is 5.16. The summed E-state index contributed by atoms with van der Waals surface area (Å²) < 4.78 is 10.6. The molecule has 4 heterocycles. The van der Waals surface area contributed by atoms with E-state index in [0.717, 1.165) is 19.5 Å². The normalized spacial score (nSPS) is 30.7. The third-order valence-corrected chi connectivity index (χ3v) is 5.23. The highest BCUT2D eigenvalue weighted by Gasteiger charge is 2.39. The minimum Gasteiger partial charge on any atom is -0.454 e. The van der Waals surface area contributed by atoms with Gasteiger partial charge in [-0.1, -0.05) is 0 Å². The van der Waals surface area contributed by atoms with Crippen LogP contribution in [0.3, 0.4) is 0 Å². The number of carbonyl (C=O) groups excluding carboxylic acids is 1. The molecule has 1 aromatic carbocycles. The number of ether oxygens (including phenoxy) is 2. The summed E-state index contributed by atoms with van der Waals surface area (Å²) in [4.78, 5) is 14.8. The molecule has 2 bridgehead atoms. The molecule has 4 aliphatic heterocycles. The molecule has 0 aromatic heterocycles. The first-order valence-electron chi connectivity index (χ1n) is 8.12. The minimum atomic E-state index is -0.0700. The second-order valence-electron chi connectivity index (χ2n) is 6.48. The van der Waals surface area contributed by atoms with Gasteiger partial charge in [-0.15, -0.1) is 12.3 Å². The number of fused-ring (bicyclic) bond motifs is 4. The lowest BCUT2D eigenvalue weighted by Gasteiger charge is -2.48. The maximum Gasteiger partial charge on any atom is 0.251 e. The lowest BCUT2D eigenvalue weighted by atomic mass is 9.76. The molecule has 4 atom stereocenters. The second kappa shape index (κ2) is 5.78. The number of amides is 1. The number of carbonyl (C=O) groups is 1. The van der Waals surface area contributed by atoms with Crippen LogP contribution in [0.2, 0.25) is 0 Å². The standard InChI is InChI=1S/C18H20N2O3/c1-2-12-10-20-6-5-13(12)7-15(20)9-19-18(21)14-3-4-16-17(8-14)23-11-22-16/h1,3-4,8,12-13,15H,5-7,9-11H2,(H,19,21)/t12-,13+,15-/m1/s1. The Balaban J connectivity index is 1.36. The van der Waals surface area contributed by atoms with Gasteiger partial charge in [0.15, 0.2) is 11.5 Å². The van der Waals surface area contributed by atoms with Crippen LogP contribution in [0.15, 0.2) is 18.2 Å². The molecule has 5 nitrogen and oxygen atoms in total. The van der Waals surface area contributed by atoms with Crippen molar-refractivity contribution < 1.29 is 14.3 Å². The molecule has 0 aliphatic carbocycles. The van der Waals surface area contributed by atoms with Gasteiger partial charge in [-0.3, -0.25) is 9.69 Å². The summed E-state index contributed by atoms with van der Waals surface area (Å²) in [6.45, 7) is 2.94. The Hall–Kier alpha value is -2.19. The van der Waals surface area contributed by atoms with Gasteiger partial charge >= 0.3 is 0 Å². The Bertz CT molecular complexity index is 667. The smallest absolute Gasteiger partial charge is 0.251 e. The van der Waals surface area contributed by atoms with Crippen molar-refractivity contribution in [3.05, 3.63) is 23.8 Å². The Kier molecular flexibility index (Phi) is 3.62. The maximum atomic E-state index is 12.4. The van der Waals surface area contributed by atoms with Gasteiger partial charge in [-0.05, 0) is 43.5 Å². The molecule has 23 heavy (non-hydrogen) atoms. The maximum absolute atomic E-state index is 12.4. The van der Waals surface area contributed by atoms with E-state index in [9.17, 15) is 4.79 Å². The van der Waals surface area contributed by atoms with E-state index in [2.05, 4.69) is 16.1 Å². The first-order chi connectivity index (χ1) is 11.2. The number of nitrogens with zero attached hydrogens (tertiary/aromatic N) is 1. The molecule has 3 fully saturated rings. The van der Waals surface area contributed by atoms with Crippen molar-refractivity contribution in [1.29, 1.82) is 0 Å². The summed E-state index contributed by atoms with van der Waals surface area (Å²) in [5.41, 5.74) is 0.603. The topological polar surface area (TPSA) is 50.8 Å². The van der Waals surface area contributed by atoms with Gasteiger partial charge in [0.1, 0.15) is 0 Å². The lowest BCUT2D eigenvalue weighted by molar-refractivity contribution is 0.0227. The van der Waals surface area contributed by atoms with Gasteiger partial charge in [0.05, 0.1) is 0 Å². The second-order valence-corrected chi connectivity index (χ2v) is 6.48. The minimum absolute atomic E-state index is 0.0700. The first kappa shape index (κ1) is 14.4. The zero-order valence-electron chi connectivity index (χ0n) is 13.0. The zero-order valence-corrected chi connectivity index (χ0v) is 13.0. The highest BCUT2D eigenvalue weighted by atomic mass is 16.7. The highest BCUT2D eigenvalue weighted by molar-refractivity contribution is 5.94. The van der Waals surface area contributed by atoms with Crippen molar-refractivity contribution in [1.82, 2.24) is 10.2 Å². The van der Waals surface area contributed by atoms with Crippen LogP contribution in [0, 0.1) is 24.2 Å². The number of piperidine rings is 3. The van der Waals surface area contributed by atoms with Crippen LogP contribution >= 0.6 is 0 Å². The third kappa shape index (κ3) is 2.64. The Morgan fingerprint density at radius 3 is 3.04 bits per heavy atom. The summed E-state index contributed by atoms with van der Waals surface area (Å²) in [5, 5.41) is 3.05. The molecular formula is C18H20N2O3. The number of hydrogen-bond acceptors (Lipinski definition) is 4. The number of hydrogen-bond donors (Lipinski definition) is 1. The van der Waals surface area contributed by atoms with Crippen molar-refractivity contribution >= 4 is 5.91 Å². The van der Waals surface area contributed by atoms with Crippen molar-refractivity contribution in [2.24, 2.45) is 11.8 Å². The molecule has 0 saturated carbocycles. The van der Waals surface area contributed by atoms with Crippen LogP contribution in [0.1, 0.15) is 23.2 Å². The van der Waals surface area contributed by atoms with E-state index in [1.54, 1.807) is 18.2 Å². The monoisotopic (exact) mass is 312 g/mol. The number of nitrogens with one attached hydrogen (secondary N) is 1. The van der Waals surface area contributed by atoms with Crippen LogP contribution in [0.4, 0.5) is 0 Å². The number of benzene rings is 1. The average Bonchev–Trinajstić information content (AvgIpc) is 3.07. The van der Waals surface area contributed by atoms with E-state index < -0.39 is 0 Å². The molecule has 1 aromatic rings. The van der Waals surface area contributed by atoms with Crippen LogP contribution < -0.4 is 14.8 Å². The Morgan fingerprint density at radius 1 is 1.39 bits per heavy atom. The largest absolute Gasteiger partial charge is 0.454 e. The zero-order chi connectivity index (χ0) is 15.8. The first-order valence-corrected chi connectivity index (χ1v) is 8.12. The van der Waals surface area contributed by atoms with Gasteiger partial charge in [0.2, 0.25) is 6.79 Å². The highest BCUT2D eigenvalue weighted by Crippen LogP contribution is 2.36. The van der Waals surface area contributed by atoms with Crippen molar-refractivity contribution in [2.75, 3.05) is 26.4 Å². The molecule has 0 radical (unpaired) electrons. The third-order valence-electron chi connectivity index (χ3n) is 5.23. The van der Waals surface area contributed by atoms with E-state index in [4.69, 9.17) is 15.9 Å². The summed E-state index contributed by atoms with van der Waals surface area (Å²) in [6.07, 6.45) is 7.87. The van der Waals surface area contributed by atoms with Crippen LogP contribution in [-0.2, 0) is 0 Å². The summed E-state index contributed by atoms with van der Waals surface area (Å²) >= 11 is 0. The predicted octanol–water partition coefficient (Wildman–Crippen LogP) is 1.49. The van der Waals surface area contributed by atoms with Crippen LogP contribution in [0.5, 0.6) is 11.5 Å². The lowest BCUT2D eigenvalue weighted by Crippen LogP contribution is -2.56. The molecule has 5 heteroatoms. The fourth-order valence-corrected chi connectivity index (χ4v) is 3.89. The molecule has 5 rings (SSSR count). The fraction of sp³-hybridized carbons (Fsp3) is 0.500. The molecule has 4 aliphatic rings. The summed E-state index contributed by atoms with van der Waals surface area (Å²) in [7, 11) is 0.